The quantitative estimate of drug-likeness (QED) is 0.647. The van der Waals surface area contributed by atoms with E-state index in [0.717, 1.165) is 37.3 Å². The van der Waals surface area contributed by atoms with E-state index in [-0.39, 0.29) is 12.1 Å². The first-order chi connectivity index (χ1) is 9.65. The van der Waals surface area contributed by atoms with Crippen LogP contribution in [0.1, 0.15) is 33.1 Å². The fourth-order valence-electron chi connectivity index (χ4n) is 2.19. The molecule has 114 valence electrons. The zero-order chi connectivity index (χ0) is 14.8. The van der Waals surface area contributed by atoms with Gasteiger partial charge in [0.15, 0.2) is 11.5 Å². The molecule has 0 fully saturated rings. The van der Waals surface area contributed by atoms with Crippen LogP contribution >= 0.6 is 0 Å². The molecule has 0 heterocycles. The van der Waals surface area contributed by atoms with Crippen molar-refractivity contribution in [3.63, 3.8) is 0 Å². The first-order valence-electron chi connectivity index (χ1n) is 7.27. The highest BCUT2D eigenvalue weighted by molar-refractivity contribution is 5.39. The van der Waals surface area contributed by atoms with Crippen LogP contribution in [0.15, 0.2) is 24.3 Å². The zero-order valence-corrected chi connectivity index (χ0v) is 12.8. The molecular weight excluding hydrogens is 254 g/mol. The van der Waals surface area contributed by atoms with Crippen molar-refractivity contribution in [1.82, 2.24) is 5.32 Å². The molecule has 0 bridgehead atoms. The molecule has 0 radical (unpaired) electrons. The lowest BCUT2D eigenvalue weighted by Gasteiger charge is -2.28. The monoisotopic (exact) mass is 281 g/mol. The second-order valence-corrected chi connectivity index (χ2v) is 5.21. The maximum absolute atomic E-state index is 9.41. The van der Waals surface area contributed by atoms with Crippen LogP contribution in [-0.2, 0) is 0 Å². The number of para-hydroxylation sites is 2. The molecule has 1 atom stereocenters. The minimum Gasteiger partial charge on any atom is -0.493 e. The van der Waals surface area contributed by atoms with Gasteiger partial charge in [-0.2, -0.15) is 0 Å². The van der Waals surface area contributed by atoms with Gasteiger partial charge in [0.05, 0.1) is 20.3 Å². The Morgan fingerprint density at radius 2 is 1.90 bits per heavy atom. The van der Waals surface area contributed by atoms with Crippen molar-refractivity contribution in [3.8, 4) is 11.5 Å². The third-order valence-electron chi connectivity index (χ3n) is 3.40. The van der Waals surface area contributed by atoms with Crippen molar-refractivity contribution in [1.29, 1.82) is 0 Å². The summed E-state index contributed by atoms with van der Waals surface area (Å²) in [5.74, 6) is 1.55. The number of likely N-dealkylation sites (N-methyl/N-ethyl adjacent to an activating group) is 1. The van der Waals surface area contributed by atoms with E-state index in [1.54, 1.807) is 7.11 Å². The summed E-state index contributed by atoms with van der Waals surface area (Å²) in [6.45, 7) is 5.80. The molecule has 4 heteroatoms. The molecule has 0 spiro atoms. The maximum Gasteiger partial charge on any atom is 0.161 e. The smallest absolute Gasteiger partial charge is 0.161 e. The number of aliphatic hydroxyl groups is 1. The largest absolute Gasteiger partial charge is 0.493 e. The van der Waals surface area contributed by atoms with Crippen molar-refractivity contribution >= 4 is 0 Å². The molecule has 0 aliphatic heterocycles. The Kier molecular flexibility index (Phi) is 7.41. The summed E-state index contributed by atoms with van der Waals surface area (Å²) in [5, 5.41) is 12.7. The van der Waals surface area contributed by atoms with Crippen LogP contribution in [-0.4, -0.2) is 37.5 Å². The number of ether oxygens (including phenoxy) is 2. The highest BCUT2D eigenvalue weighted by atomic mass is 16.5. The molecule has 1 aromatic carbocycles. The van der Waals surface area contributed by atoms with Gasteiger partial charge in [0, 0.05) is 5.54 Å². The Morgan fingerprint density at radius 1 is 1.20 bits per heavy atom. The molecule has 0 aromatic heterocycles. The lowest BCUT2D eigenvalue weighted by Crippen LogP contribution is -2.45. The second kappa shape index (κ2) is 8.82. The van der Waals surface area contributed by atoms with Gasteiger partial charge in [-0.3, -0.25) is 0 Å². The molecule has 1 rings (SSSR count). The number of nitrogens with one attached hydrogen (secondary N) is 1. The van der Waals surface area contributed by atoms with Gasteiger partial charge in [0.2, 0.25) is 0 Å². The number of hydrogen-bond acceptors (Lipinski definition) is 4. The Bertz CT molecular complexity index is 384. The summed E-state index contributed by atoms with van der Waals surface area (Å²) >= 11 is 0. The Balaban J connectivity index is 2.28. The highest BCUT2D eigenvalue weighted by Crippen LogP contribution is 2.26. The summed E-state index contributed by atoms with van der Waals surface area (Å²) < 4.78 is 11.0. The van der Waals surface area contributed by atoms with Crippen LogP contribution in [0.2, 0.25) is 0 Å². The van der Waals surface area contributed by atoms with Gasteiger partial charge >= 0.3 is 0 Å². The van der Waals surface area contributed by atoms with E-state index in [9.17, 15) is 5.11 Å². The van der Waals surface area contributed by atoms with E-state index in [0.29, 0.717) is 6.61 Å². The number of rotatable bonds is 10. The van der Waals surface area contributed by atoms with Crippen LogP contribution in [0, 0.1) is 0 Å². The molecule has 0 amide bonds. The predicted molar refractivity (Wildman–Crippen MR) is 81.5 cm³/mol. The third kappa shape index (κ3) is 5.39. The standard InChI is InChI=1S/C16H27NO3/c1-4-17-16(2,13-18)11-7-8-12-20-15-10-6-5-9-14(15)19-3/h5-6,9-10,17-18H,4,7-8,11-13H2,1-3H3. The predicted octanol–water partition coefficient (Wildman–Crippen LogP) is 2.60. The average Bonchev–Trinajstić information content (AvgIpc) is 2.47. The average molecular weight is 281 g/mol. The molecule has 0 aliphatic rings. The van der Waals surface area contributed by atoms with Gasteiger partial charge in [0.1, 0.15) is 0 Å². The van der Waals surface area contributed by atoms with Crippen molar-refractivity contribution in [3.05, 3.63) is 24.3 Å². The number of methoxy groups -OCH3 is 1. The SMILES string of the molecule is CCNC(C)(CO)CCCCOc1ccccc1OC. The summed E-state index contributed by atoms with van der Waals surface area (Å²) in [6, 6.07) is 7.67. The lowest BCUT2D eigenvalue weighted by molar-refractivity contribution is 0.162. The van der Waals surface area contributed by atoms with Gasteiger partial charge in [-0.25, -0.2) is 0 Å². The normalized spacial score (nSPS) is 13.8. The number of hydrogen-bond donors (Lipinski definition) is 2. The van der Waals surface area contributed by atoms with E-state index in [1.807, 2.05) is 24.3 Å². The van der Waals surface area contributed by atoms with Gasteiger partial charge in [0.25, 0.3) is 0 Å². The molecule has 20 heavy (non-hydrogen) atoms. The van der Waals surface area contributed by atoms with Crippen molar-refractivity contribution in [2.45, 2.75) is 38.6 Å². The second-order valence-electron chi connectivity index (χ2n) is 5.21. The molecule has 4 nitrogen and oxygen atoms in total. The van der Waals surface area contributed by atoms with E-state index < -0.39 is 0 Å². The third-order valence-corrected chi connectivity index (χ3v) is 3.40. The first kappa shape index (κ1) is 16.8. The van der Waals surface area contributed by atoms with Crippen LogP contribution in [0.3, 0.4) is 0 Å². The van der Waals surface area contributed by atoms with Crippen LogP contribution in [0.4, 0.5) is 0 Å². The summed E-state index contributed by atoms with van der Waals surface area (Å²) in [6.07, 6.45) is 2.91. The first-order valence-corrected chi connectivity index (χ1v) is 7.27. The van der Waals surface area contributed by atoms with Crippen LogP contribution < -0.4 is 14.8 Å². The van der Waals surface area contributed by atoms with E-state index >= 15 is 0 Å². The Hall–Kier alpha value is -1.26. The molecule has 2 N–H and O–H groups in total. The van der Waals surface area contributed by atoms with Crippen molar-refractivity contribution in [2.75, 3.05) is 26.9 Å². The topological polar surface area (TPSA) is 50.7 Å². The number of aliphatic hydroxyl groups excluding tert-OH is 1. The lowest BCUT2D eigenvalue weighted by atomic mass is 9.96. The summed E-state index contributed by atoms with van der Waals surface area (Å²) in [5.41, 5.74) is -0.181. The Morgan fingerprint density at radius 3 is 2.50 bits per heavy atom. The summed E-state index contributed by atoms with van der Waals surface area (Å²) in [4.78, 5) is 0. The van der Waals surface area contributed by atoms with Gasteiger partial charge in [-0.15, -0.1) is 0 Å². The minimum absolute atomic E-state index is 0.161. The highest BCUT2D eigenvalue weighted by Gasteiger charge is 2.20. The van der Waals surface area contributed by atoms with Gasteiger partial charge in [-0.1, -0.05) is 19.1 Å². The minimum atomic E-state index is -0.181. The van der Waals surface area contributed by atoms with E-state index in [2.05, 4.69) is 19.2 Å². The van der Waals surface area contributed by atoms with Gasteiger partial charge in [-0.05, 0) is 44.9 Å². The molecule has 1 aromatic rings. The fraction of sp³-hybridized carbons (Fsp3) is 0.625. The molecular formula is C16H27NO3. The fourth-order valence-corrected chi connectivity index (χ4v) is 2.19. The van der Waals surface area contributed by atoms with E-state index in [4.69, 9.17) is 9.47 Å². The van der Waals surface area contributed by atoms with E-state index in [1.165, 1.54) is 0 Å². The number of unbranched alkanes of at least 4 members (excludes halogenated alkanes) is 1. The molecule has 0 saturated heterocycles. The van der Waals surface area contributed by atoms with Crippen LogP contribution in [0.25, 0.3) is 0 Å². The molecule has 1 unspecified atom stereocenters. The van der Waals surface area contributed by atoms with Crippen LogP contribution in [0.5, 0.6) is 11.5 Å². The van der Waals surface area contributed by atoms with Crippen molar-refractivity contribution in [2.24, 2.45) is 0 Å². The number of benzene rings is 1. The summed E-state index contributed by atoms with van der Waals surface area (Å²) in [7, 11) is 1.64. The molecule has 0 aliphatic carbocycles. The Labute approximate surface area is 122 Å². The molecule has 0 saturated carbocycles. The maximum atomic E-state index is 9.41. The van der Waals surface area contributed by atoms with Crippen molar-refractivity contribution < 1.29 is 14.6 Å². The zero-order valence-electron chi connectivity index (χ0n) is 12.8. The van der Waals surface area contributed by atoms with Gasteiger partial charge < -0.3 is 19.9 Å².